The highest BCUT2D eigenvalue weighted by Crippen LogP contribution is 2.26. The highest BCUT2D eigenvalue weighted by Gasteiger charge is 2.35. The van der Waals surface area contributed by atoms with Crippen molar-refractivity contribution in [3.63, 3.8) is 0 Å². The molecule has 1 atom stereocenters. The van der Waals surface area contributed by atoms with E-state index in [0.717, 1.165) is 36.6 Å². The van der Waals surface area contributed by atoms with Crippen molar-refractivity contribution in [1.29, 1.82) is 0 Å². The van der Waals surface area contributed by atoms with Crippen LogP contribution in [0.1, 0.15) is 48.2 Å². The highest BCUT2D eigenvalue weighted by atomic mass is 16.5. The molecule has 1 N–H and O–H groups in total. The van der Waals surface area contributed by atoms with E-state index in [0.29, 0.717) is 19.2 Å². The summed E-state index contributed by atoms with van der Waals surface area (Å²) < 4.78 is 7.67. The van der Waals surface area contributed by atoms with Crippen molar-refractivity contribution in [2.75, 3.05) is 19.8 Å². The molecule has 1 aromatic carbocycles. The zero-order valence-electron chi connectivity index (χ0n) is 17.6. The van der Waals surface area contributed by atoms with Gasteiger partial charge in [-0.25, -0.2) is 0 Å². The van der Waals surface area contributed by atoms with Gasteiger partial charge in [0, 0.05) is 30.4 Å². The summed E-state index contributed by atoms with van der Waals surface area (Å²) in [5.41, 5.74) is 4.42. The second kappa shape index (κ2) is 9.09. The quantitative estimate of drug-likeness (QED) is 0.816. The van der Waals surface area contributed by atoms with Crippen molar-refractivity contribution < 1.29 is 9.53 Å². The smallest absolute Gasteiger partial charge is 0.240 e. The van der Waals surface area contributed by atoms with Gasteiger partial charge in [0.15, 0.2) is 0 Å². The van der Waals surface area contributed by atoms with Crippen LogP contribution in [0.2, 0.25) is 0 Å². The number of benzene rings is 1. The van der Waals surface area contributed by atoms with Crippen LogP contribution >= 0.6 is 0 Å². The van der Waals surface area contributed by atoms with E-state index in [9.17, 15) is 4.79 Å². The number of amides is 1. The Morgan fingerprint density at radius 1 is 1.21 bits per heavy atom. The maximum atomic E-state index is 13.0. The molecular weight excluding hydrogens is 364 g/mol. The summed E-state index contributed by atoms with van der Waals surface area (Å²) in [6, 6.07) is 10.7. The van der Waals surface area contributed by atoms with Gasteiger partial charge in [-0.3, -0.25) is 14.4 Å². The molecule has 6 nitrogen and oxygen atoms in total. The Kier molecular flexibility index (Phi) is 6.31. The fourth-order valence-electron chi connectivity index (χ4n) is 4.71. The molecule has 2 aromatic rings. The molecule has 1 aromatic heterocycles. The van der Waals surface area contributed by atoms with E-state index >= 15 is 0 Å². The minimum atomic E-state index is -0.174. The molecule has 0 radical (unpaired) electrons. The first-order chi connectivity index (χ1) is 14.1. The molecule has 156 valence electrons. The van der Waals surface area contributed by atoms with Gasteiger partial charge in [-0.1, -0.05) is 43.2 Å². The van der Waals surface area contributed by atoms with Gasteiger partial charge in [-0.05, 0) is 32.3 Å². The summed E-state index contributed by atoms with van der Waals surface area (Å²) in [6.07, 6.45) is 4.95. The molecule has 0 spiro atoms. The number of hydrogen-bond donors (Lipinski definition) is 1. The van der Waals surface area contributed by atoms with Crippen molar-refractivity contribution in [1.82, 2.24) is 20.0 Å². The number of carbonyl (C=O) groups excluding carboxylic acids is 1. The topological polar surface area (TPSA) is 59.4 Å². The number of aromatic nitrogens is 2. The van der Waals surface area contributed by atoms with Crippen molar-refractivity contribution >= 4 is 5.91 Å². The van der Waals surface area contributed by atoms with Crippen LogP contribution in [0.3, 0.4) is 0 Å². The van der Waals surface area contributed by atoms with Gasteiger partial charge < -0.3 is 10.1 Å². The van der Waals surface area contributed by atoms with Crippen LogP contribution in [0.5, 0.6) is 0 Å². The Morgan fingerprint density at radius 3 is 2.72 bits per heavy atom. The number of aryl methyl sites for hydroxylation is 1. The fraction of sp³-hybridized carbons (Fsp3) is 0.565. The second-order valence-electron chi connectivity index (χ2n) is 8.28. The monoisotopic (exact) mass is 396 g/mol. The maximum Gasteiger partial charge on any atom is 0.240 e. The molecule has 2 fully saturated rings. The van der Waals surface area contributed by atoms with Crippen LogP contribution < -0.4 is 5.32 Å². The Labute approximate surface area is 173 Å². The van der Waals surface area contributed by atoms with Gasteiger partial charge in [0.2, 0.25) is 5.91 Å². The summed E-state index contributed by atoms with van der Waals surface area (Å²) >= 11 is 0. The van der Waals surface area contributed by atoms with Crippen molar-refractivity contribution in [3.05, 3.63) is 52.8 Å². The normalized spacial score (nSPS) is 20.8. The van der Waals surface area contributed by atoms with Gasteiger partial charge in [-0.2, -0.15) is 5.10 Å². The zero-order valence-corrected chi connectivity index (χ0v) is 17.6. The standard InChI is InChI=1S/C23H32N4O2/c1-17-21(18(2)27(25-17)15-19-8-4-3-5-9-19)14-24-23(28)22-16-29-13-12-26(22)20-10-6-7-11-20/h3-5,8-9,20,22H,6-7,10-16H2,1-2H3,(H,24,28)/t22-/m1/s1. The molecule has 2 heterocycles. The predicted molar refractivity (Wildman–Crippen MR) is 113 cm³/mol. The molecule has 1 amide bonds. The van der Waals surface area contributed by atoms with Gasteiger partial charge in [-0.15, -0.1) is 0 Å². The minimum Gasteiger partial charge on any atom is -0.378 e. The van der Waals surface area contributed by atoms with Crippen LogP contribution in [0.4, 0.5) is 0 Å². The SMILES string of the molecule is Cc1nn(Cc2ccccc2)c(C)c1CNC(=O)[C@H]1COCCN1C1CCCC1. The number of morpholine rings is 1. The lowest BCUT2D eigenvalue weighted by Gasteiger charge is -2.38. The molecular formula is C23H32N4O2. The number of hydrogen-bond acceptors (Lipinski definition) is 4. The molecule has 1 aliphatic heterocycles. The molecule has 6 heteroatoms. The van der Waals surface area contributed by atoms with Crippen LogP contribution in [0.25, 0.3) is 0 Å². The zero-order chi connectivity index (χ0) is 20.2. The highest BCUT2D eigenvalue weighted by molar-refractivity contribution is 5.82. The number of carbonyl (C=O) groups is 1. The van der Waals surface area contributed by atoms with Crippen molar-refractivity contribution in [2.45, 2.75) is 64.7 Å². The number of rotatable bonds is 6. The first kappa shape index (κ1) is 20.1. The van der Waals surface area contributed by atoms with Gasteiger partial charge in [0.1, 0.15) is 6.04 Å². The van der Waals surface area contributed by atoms with Crippen LogP contribution in [0, 0.1) is 13.8 Å². The number of nitrogens with zero attached hydrogens (tertiary/aromatic N) is 3. The van der Waals surface area contributed by atoms with Gasteiger partial charge in [0.25, 0.3) is 0 Å². The van der Waals surface area contributed by atoms with Gasteiger partial charge >= 0.3 is 0 Å². The van der Waals surface area contributed by atoms with E-state index in [-0.39, 0.29) is 11.9 Å². The Bertz CT molecular complexity index is 827. The van der Waals surface area contributed by atoms with Crippen LogP contribution in [-0.2, 0) is 22.6 Å². The third kappa shape index (κ3) is 4.54. The largest absolute Gasteiger partial charge is 0.378 e. The molecule has 0 unspecified atom stereocenters. The van der Waals surface area contributed by atoms with Crippen LogP contribution in [0.15, 0.2) is 30.3 Å². The molecule has 29 heavy (non-hydrogen) atoms. The minimum absolute atomic E-state index is 0.0752. The molecule has 1 saturated carbocycles. The third-order valence-electron chi connectivity index (χ3n) is 6.41. The lowest BCUT2D eigenvalue weighted by Crippen LogP contribution is -2.56. The summed E-state index contributed by atoms with van der Waals surface area (Å²) in [7, 11) is 0. The average molecular weight is 397 g/mol. The lowest BCUT2D eigenvalue weighted by molar-refractivity contribution is -0.134. The molecule has 4 rings (SSSR count). The maximum absolute atomic E-state index is 13.0. The van der Waals surface area contributed by atoms with E-state index < -0.39 is 0 Å². The summed E-state index contributed by atoms with van der Waals surface area (Å²) in [4.78, 5) is 15.4. The summed E-state index contributed by atoms with van der Waals surface area (Å²) in [5, 5.41) is 7.87. The summed E-state index contributed by atoms with van der Waals surface area (Å²) in [5.74, 6) is 0.0752. The van der Waals surface area contributed by atoms with E-state index in [1.807, 2.05) is 29.8 Å². The van der Waals surface area contributed by atoms with Crippen molar-refractivity contribution in [3.8, 4) is 0 Å². The van der Waals surface area contributed by atoms with Gasteiger partial charge in [0.05, 0.1) is 25.5 Å². The Morgan fingerprint density at radius 2 is 1.97 bits per heavy atom. The molecule has 2 aliphatic rings. The average Bonchev–Trinajstić information content (AvgIpc) is 3.36. The first-order valence-electron chi connectivity index (χ1n) is 10.8. The molecule has 1 saturated heterocycles. The third-order valence-corrected chi connectivity index (χ3v) is 6.41. The summed E-state index contributed by atoms with van der Waals surface area (Å²) in [6.45, 7) is 7.44. The lowest BCUT2D eigenvalue weighted by atomic mass is 10.1. The molecule has 1 aliphatic carbocycles. The number of nitrogens with one attached hydrogen (secondary N) is 1. The molecule has 0 bridgehead atoms. The fourth-order valence-corrected chi connectivity index (χ4v) is 4.71. The van der Waals surface area contributed by atoms with E-state index in [1.54, 1.807) is 0 Å². The Balaban J connectivity index is 1.41. The number of ether oxygens (including phenoxy) is 1. The van der Waals surface area contributed by atoms with E-state index in [4.69, 9.17) is 9.84 Å². The second-order valence-corrected chi connectivity index (χ2v) is 8.28. The predicted octanol–water partition coefficient (Wildman–Crippen LogP) is 2.81. The van der Waals surface area contributed by atoms with E-state index in [2.05, 4.69) is 29.3 Å². The van der Waals surface area contributed by atoms with Crippen LogP contribution in [-0.4, -0.2) is 52.4 Å². The first-order valence-corrected chi connectivity index (χ1v) is 10.8. The Hall–Kier alpha value is -2.18. The van der Waals surface area contributed by atoms with E-state index in [1.165, 1.54) is 31.2 Å². The van der Waals surface area contributed by atoms with Crippen molar-refractivity contribution in [2.24, 2.45) is 0 Å².